The van der Waals surface area contributed by atoms with Crippen molar-refractivity contribution < 1.29 is 4.42 Å². The zero-order valence-corrected chi connectivity index (χ0v) is 16.4. The molecule has 0 spiro atoms. The number of amidine groups is 1. The summed E-state index contributed by atoms with van der Waals surface area (Å²) >= 11 is 1.70. The van der Waals surface area contributed by atoms with E-state index in [0.29, 0.717) is 0 Å². The Morgan fingerprint density at radius 3 is 2.97 bits per heavy atom. The Hall–Kier alpha value is -3.25. The molecule has 0 unspecified atom stereocenters. The van der Waals surface area contributed by atoms with Crippen LogP contribution in [0.15, 0.2) is 57.1 Å². The molecule has 0 saturated carbocycles. The van der Waals surface area contributed by atoms with Crippen molar-refractivity contribution >= 4 is 39.4 Å². The molecular weight excluding hydrogens is 380 g/mol. The molecule has 0 amide bonds. The molecule has 4 aromatic rings. The largest absolute Gasteiger partial charge is 0.464 e. The number of aromatic nitrogens is 1. The van der Waals surface area contributed by atoms with Gasteiger partial charge in [0, 0.05) is 23.1 Å². The van der Waals surface area contributed by atoms with E-state index in [1.165, 1.54) is 16.7 Å². The molecule has 140 valence electrons. The summed E-state index contributed by atoms with van der Waals surface area (Å²) in [5.41, 5.74) is 7.08. The van der Waals surface area contributed by atoms with Crippen LogP contribution >= 0.6 is 11.3 Å². The molecule has 3 aliphatic rings. The number of aryl methyl sites for hydroxylation is 1. The van der Waals surface area contributed by atoms with Gasteiger partial charge in [-0.2, -0.15) is 0 Å². The number of rotatable bonds is 1. The minimum atomic E-state index is 0.817. The Morgan fingerprint density at radius 2 is 2.03 bits per heavy atom. The van der Waals surface area contributed by atoms with Gasteiger partial charge in [0.2, 0.25) is 0 Å². The summed E-state index contributed by atoms with van der Waals surface area (Å²) in [6, 6.07) is 12.6. The van der Waals surface area contributed by atoms with Gasteiger partial charge in [0.1, 0.15) is 16.4 Å². The number of fused-ring (bicyclic) bond motifs is 8. The van der Waals surface area contributed by atoms with Crippen LogP contribution in [0.5, 0.6) is 0 Å². The maximum atomic E-state index is 5.91. The van der Waals surface area contributed by atoms with Crippen molar-refractivity contribution in [1.82, 2.24) is 9.88 Å². The van der Waals surface area contributed by atoms with E-state index in [1.54, 1.807) is 17.6 Å². The third kappa shape index (κ3) is 2.07. The number of hydrogen-bond donors (Lipinski definition) is 0. The zero-order valence-electron chi connectivity index (χ0n) is 15.6. The zero-order chi connectivity index (χ0) is 18.9. The van der Waals surface area contributed by atoms with Gasteiger partial charge in [-0.3, -0.25) is 4.99 Å². The van der Waals surface area contributed by atoms with E-state index in [9.17, 15) is 0 Å². The van der Waals surface area contributed by atoms with Crippen LogP contribution in [0.3, 0.4) is 0 Å². The lowest BCUT2D eigenvalue weighted by Gasteiger charge is -2.22. The smallest absolute Gasteiger partial charge is 0.148 e. The maximum absolute atomic E-state index is 5.91. The van der Waals surface area contributed by atoms with Crippen molar-refractivity contribution in [1.29, 1.82) is 0 Å². The van der Waals surface area contributed by atoms with E-state index in [0.717, 1.165) is 69.6 Å². The van der Waals surface area contributed by atoms with Crippen LogP contribution in [-0.2, 0) is 12.8 Å². The average molecular weight is 396 g/mol. The van der Waals surface area contributed by atoms with Gasteiger partial charge in [0.25, 0.3) is 0 Å². The second-order valence-electron chi connectivity index (χ2n) is 7.55. The minimum absolute atomic E-state index is 0.817. The molecule has 7 rings (SSSR count). The highest BCUT2D eigenvalue weighted by molar-refractivity contribution is 7.21. The van der Waals surface area contributed by atoms with Crippen LogP contribution in [-0.4, -0.2) is 35.1 Å². The Bertz CT molecular complexity index is 1360. The maximum Gasteiger partial charge on any atom is 0.148 e. The van der Waals surface area contributed by atoms with Gasteiger partial charge in [-0.15, -0.1) is 11.3 Å². The molecule has 0 N–H and O–H groups in total. The Balaban J connectivity index is 1.62. The number of nitrogens with zero attached hydrogens (tertiary/aromatic N) is 4. The summed E-state index contributed by atoms with van der Waals surface area (Å²) in [5.74, 6) is 1.92. The molecule has 2 aliphatic heterocycles. The molecule has 5 nitrogen and oxygen atoms in total. The molecule has 0 radical (unpaired) electrons. The first-order valence-electron chi connectivity index (χ1n) is 9.85. The highest BCUT2D eigenvalue weighted by Crippen LogP contribution is 2.49. The fourth-order valence-electron chi connectivity index (χ4n) is 4.72. The van der Waals surface area contributed by atoms with Crippen LogP contribution in [0.2, 0.25) is 0 Å². The summed E-state index contributed by atoms with van der Waals surface area (Å²) in [6.07, 6.45) is 5.63. The number of pyridine rings is 1. The summed E-state index contributed by atoms with van der Waals surface area (Å²) < 4.78 is 5.91. The van der Waals surface area contributed by atoms with Crippen LogP contribution < -0.4 is 0 Å². The predicted molar refractivity (Wildman–Crippen MR) is 116 cm³/mol. The van der Waals surface area contributed by atoms with Crippen LogP contribution in [0, 0.1) is 0 Å². The van der Waals surface area contributed by atoms with Crippen molar-refractivity contribution in [3.05, 3.63) is 58.7 Å². The SMILES string of the molecule is C1=Nc2c(sc3nc4c(c(-c5ccco5)c23)CCc2ccccc2-4)C2=NCCN12. The van der Waals surface area contributed by atoms with Crippen LogP contribution in [0.25, 0.3) is 32.8 Å². The van der Waals surface area contributed by atoms with Crippen molar-refractivity contribution in [2.24, 2.45) is 9.98 Å². The molecule has 3 aromatic heterocycles. The summed E-state index contributed by atoms with van der Waals surface area (Å²) in [5, 5.41) is 1.10. The lowest BCUT2D eigenvalue weighted by atomic mass is 9.85. The van der Waals surface area contributed by atoms with Gasteiger partial charge in [-0.1, -0.05) is 24.3 Å². The fraction of sp³-hybridized carbons (Fsp3) is 0.174. The van der Waals surface area contributed by atoms with Gasteiger partial charge in [-0.05, 0) is 36.1 Å². The Labute approximate surface area is 171 Å². The lowest BCUT2D eigenvalue weighted by molar-refractivity contribution is 0.582. The minimum Gasteiger partial charge on any atom is -0.464 e. The van der Waals surface area contributed by atoms with Gasteiger partial charge >= 0.3 is 0 Å². The third-order valence-corrected chi connectivity index (χ3v) is 7.07. The van der Waals surface area contributed by atoms with E-state index in [-0.39, 0.29) is 0 Å². The highest BCUT2D eigenvalue weighted by Gasteiger charge is 2.32. The number of benzene rings is 1. The average Bonchev–Trinajstić information content (AvgIpc) is 3.50. The second kappa shape index (κ2) is 5.64. The van der Waals surface area contributed by atoms with Crippen molar-refractivity contribution in [2.75, 3.05) is 13.1 Å². The third-order valence-electron chi connectivity index (χ3n) is 6.00. The van der Waals surface area contributed by atoms with E-state index < -0.39 is 0 Å². The molecule has 0 saturated heterocycles. The number of furan rings is 1. The summed E-state index contributed by atoms with van der Waals surface area (Å²) in [7, 11) is 0. The van der Waals surface area contributed by atoms with Crippen molar-refractivity contribution in [3.63, 3.8) is 0 Å². The number of aliphatic imine (C=N–C) groups is 2. The number of thiophene rings is 1. The Morgan fingerprint density at radius 1 is 1.07 bits per heavy atom. The molecule has 1 aromatic carbocycles. The summed E-state index contributed by atoms with van der Waals surface area (Å²) in [4.78, 5) is 19.0. The van der Waals surface area contributed by atoms with Crippen molar-refractivity contribution in [3.8, 4) is 22.6 Å². The first-order valence-corrected chi connectivity index (χ1v) is 10.7. The molecule has 5 heterocycles. The molecule has 0 fully saturated rings. The number of hydrogen-bond acceptors (Lipinski definition) is 6. The quantitative estimate of drug-likeness (QED) is 0.452. The van der Waals surface area contributed by atoms with Crippen LogP contribution in [0.1, 0.15) is 16.0 Å². The Kier molecular flexibility index (Phi) is 3.04. The van der Waals surface area contributed by atoms with Crippen LogP contribution in [0.4, 0.5) is 5.69 Å². The van der Waals surface area contributed by atoms with E-state index in [1.807, 2.05) is 18.5 Å². The van der Waals surface area contributed by atoms with E-state index in [4.69, 9.17) is 19.4 Å². The molecule has 6 heteroatoms. The highest BCUT2D eigenvalue weighted by atomic mass is 32.1. The molecule has 0 atom stereocenters. The van der Waals surface area contributed by atoms with Gasteiger partial charge < -0.3 is 9.32 Å². The van der Waals surface area contributed by atoms with Gasteiger partial charge in [-0.25, -0.2) is 9.98 Å². The first-order chi connectivity index (χ1) is 14.4. The van der Waals surface area contributed by atoms with Gasteiger partial charge in [0.05, 0.1) is 35.4 Å². The summed E-state index contributed by atoms with van der Waals surface area (Å²) in [6.45, 7) is 1.71. The normalized spacial score (nSPS) is 16.4. The van der Waals surface area contributed by atoms with Gasteiger partial charge in [0.15, 0.2) is 0 Å². The lowest BCUT2D eigenvalue weighted by Crippen LogP contribution is -2.28. The van der Waals surface area contributed by atoms with E-state index in [2.05, 4.69) is 29.2 Å². The molecule has 0 bridgehead atoms. The fourth-order valence-corrected chi connectivity index (χ4v) is 5.87. The monoisotopic (exact) mass is 396 g/mol. The topological polar surface area (TPSA) is 54.0 Å². The first kappa shape index (κ1) is 15.6. The predicted octanol–water partition coefficient (Wildman–Crippen LogP) is 5.06. The standard InChI is InChI=1S/C23H16N4OS/c1-2-5-14-13(4-1)7-8-15-17(16-6-3-11-28-16)18-20-21(29-23(18)26-19(14)15)22-24-9-10-27(22)12-25-20/h1-6,11-12H,7-10H2. The molecule has 1 aliphatic carbocycles. The van der Waals surface area contributed by atoms with E-state index >= 15 is 0 Å². The second-order valence-corrected chi connectivity index (χ2v) is 8.55. The van der Waals surface area contributed by atoms with Crippen molar-refractivity contribution in [2.45, 2.75) is 12.8 Å². The molecule has 29 heavy (non-hydrogen) atoms. The molecular formula is C23H16N4OS.